The molecule has 182 valence electrons. The Hall–Kier alpha value is -0.670. The first-order chi connectivity index (χ1) is 15.2. The normalized spacial score (nSPS) is 22.0. The molecule has 0 saturated carbocycles. The van der Waals surface area contributed by atoms with Gasteiger partial charge in [0.2, 0.25) is 0 Å². The number of aliphatic imine (C=N–C) groups is 1. The van der Waals surface area contributed by atoms with Crippen molar-refractivity contribution in [2.75, 3.05) is 13.1 Å². The van der Waals surface area contributed by atoms with Gasteiger partial charge in [-0.15, -0.1) is 0 Å². The Bertz CT molecular complexity index is 460. The smallest absolute Gasteiger partial charge is 0.189 e. The number of aliphatic hydroxyl groups excluding tert-OH is 1. The van der Waals surface area contributed by atoms with E-state index in [0.717, 1.165) is 24.0 Å². The fourth-order valence-corrected chi connectivity index (χ4v) is 5.02. The van der Waals surface area contributed by atoms with Crippen LogP contribution in [-0.4, -0.2) is 41.3 Å². The van der Waals surface area contributed by atoms with Gasteiger partial charge in [-0.2, -0.15) is 0 Å². The van der Waals surface area contributed by atoms with Crippen molar-refractivity contribution < 1.29 is 9.59 Å². The largest absolute Gasteiger partial charge is 0.345 e. The maximum absolute atomic E-state index is 10.2. The fourth-order valence-electron chi connectivity index (χ4n) is 5.02. The molecule has 1 N–H and O–H groups in total. The third kappa shape index (κ3) is 12.2. The Kier molecular flexibility index (Phi) is 17.3. The lowest BCUT2D eigenvalue weighted by Crippen LogP contribution is -2.57. The molecule has 3 unspecified atom stereocenters. The summed E-state index contributed by atoms with van der Waals surface area (Å²) >= 11 is 0. The molecular weight excluding hydrogens is 380 g/mol. The highest BCUT2D eigenvalue weighted by molar-refractivity contribution is 5.60. The summed E-state index contributed by atoms with van der Waals surface area (Å²) in [4.78, 5) is 4.68. The van der Waals surface area contributed by atoms with E-state index in [9.17, 15) is 5.11 Å². The Balaban J connectivity index is 1.84. The van der Waals surface area contributed by atoms with Crippen LogP contribution in [0.25, 0.3) is 0 Å². The molecule has 3 heteroatoms. The zero-order valence-corrected chi connectivity index (χ0v) is 21.4. The van der Waals surface area contributed by atoms with Gasteiger partial charge in [-0.25, -0.2) is 4.99 Å². The summed E-state index contributed by atoms with van der Waals surface area (Å²) in [7, 11) is 0. The molecular formula is C28H55N2O+. The van der Waals surface area contributed by atoms with Crippen LogP contribution in [0.5, 0.6) is 0 Å². The average molecular weight is 436 g/mol. The Morgan fingerprint density at radius 2 is 1.29 bits per heavy atom. The highest BCUT2D eigenvalue weighted by Crippen LogP contribution is 2.26. The van der Waals surface area contributed by atoms with E-state index < -0.39 is 0 Å². The lowest BCUT2D eigenvalue weighted by Gasteiger charge is -2.40. The van der Waals surface area contributed by atoms with Crippen molar-refractivity contribution in [2.24, 2.45) is 4.99 Å². The predicted octanol–water partition coefficient (Wildman–Crippen LogP) is 8.17. The van der Waals surface area contributed by atoms with Crippen LogP contribution in [-0.2, 0) is 0 Å². The molecule has 0 saturated heterocycles. The Labute approximate surface area is 195 Å². The summed E-state index contributed by atoms with van der Waals surface area (Å²) in [6.07, 6.45) is 31.3. The summed E-state index contributed by atoms with van der Waals surface area (Å²) in [6.45, 7) is 8.26. The summed E-state index contributed by atoms with van der Waals surface area (Å²) in [5.41, 5.74) is 0. The number of unbranched alkanes of at least 4 members (excludes halogenated alkanes) is 15. The van der Waals surface area contributed by atoms with Crippen molar-refractivity contribution in [2.45, 2.75) is 149 Å². The number of rotatable bonds is 21. The number of quaternary nitrogens is 1. The monoisotopic (exact) mass is 435 g/mol. The minimum Gasteiger partial charge on any atom is -0.345 e. The van der Waals surface area contributed by atoms with Gasteiger partial charge in [0, 0.05) is 13.3 Å². The molecule has 0 radical (unpaired) electrons. The first-order valence-electron chi connectivity index (χ1n) is 13.9. The summed E-state index contributed by atoms with van der Waals surface area (Å²) in [5, 5.41) is 10.2. The average Bonchev–Trinajstić information content (AvgIpc) is 3.19. The van der Waals surface area contributed by atoms with Crippen molar-refractivity contribution in [3.63, 3.8) is 0 Å². The SMILES string of the molecule is CCCCCC/C=C/CCCCCCCCCCCCCC1N=CC[N+]1(CC)C(C)O. The van der Waals surface area contributed by atoms with Gasteiger partial charge in [0.05, 0.1) is 12.8 Å². The van der Waals surface area contributed by atoms with Gasteiger partial charge in [-0.1, -0.05) is 96.1 Å². The molecule has 31 heavy (non-hydrogen) atoms. The van der Waals surface area contributed by atoms with Crippen LogP contribution in [0.1, 0.15) is 136 Å². The van der Waals surface area contributed by atoms with E-state index in [1.807, 2.05) is 13.1 Å². The zero-order valence-electron chi connectivity index (χ0n) is 21.4. The minimum atomic E-state index is -0.311. The van der Waals surface area contributed by atoms with E-state index in [1.165, 1.54) is 109 Å². The van der Waals surface area contributed by atoms with Crippen LogP contribution in [0.4, 0.5) is 0 Å². The fraction of sp³-hybridized carbons (Fsp3) is 0.893. The second-order valence-corrected chi connectivity index (χ2v) is 9.83. The standard InChI is InChI=1S/C28H55N2O/c1-4-6-7-8-9-10-11-12-13-14-15-16-17-18-19-20-21-22-23-24-28-29-25-26-30(28,5-2)27(3)31/h10-11,25,27-28,31H,4-9,12-24,26H2,1-3H3/q+1/b11-10+. The second kappa shape index (κ2) is 18.9. The molecule has 0 amide bonds. The molecule has 1 heterocycles. The molecule has 0 fully saturated rings. The van der Waals surface area contributed by atoms with E-state index in [0.29, 0.717) is 0 Å². The van der Waals surface area contributed by atoms with Crippen molar-refractivity contribution in [3.05, 3.63) is 12.2 Å². The van der Waals surface area contributed by atoms with Crippen LogP contribution in [0, 0.1) is 0 Å². The first kappa shape index (κ1) is 28.4. The lowest BCUT2D eigenvalue weighted by molar-refractivity contribution is -0.976. The van der Waals surface area contributed by atoms with Crippen LogP contribution >= 0.6 is 0 Å². The highest BCUT2D eigenvalue weighted by atomic mass is 16.3. The maximum atomic E-state index is 10.2. The predicted molar refractivity (Wildman–Crippen MR) is 138 cm³/mol. The van der Waals surface area contributed by atoms with Gasteiger partial charge in [-0.3, -0.25) is 4.48 Å². The van der Waals surface area contributed by atoms with Gasteiger partial charge in [-0.05, 0) is 39.0 Å². The van der Waals surface area contributed by atoms with E-state index in [1.54, 1.807) is 0 Å². The van der Waals surface area contributed by atoms with Gasteiger partial charge in [0.15, 0.2) is 12.4 Å². The van der Waals surface area contributed by atoms with Crippen LogP contribution in [0.15, 0.2) is 17.1 Å². The quantitative estimate of drug-likeness (QED) is 0.110. The van der Waals surface area contributed by atoms with Crippen LogP contribution < -0.4 is 0 Å². The molecule has 0 spiro atoms. The molecule has 1 aliphatic rings. The van der Waals surface area contributed by atoms with Gasteiger partial charge in [0.1, 0.15) is 6.54 Å². The van der Waals surface area contributed by atoms with Gasteiger partial charge >= 0.3 is 0 Å². The van der Waals surface area contributed by atoms with Crippen molar-refractivity contribution >= 4 is 6.21 Å². The zero-order chi connectivity index (χ0) is 22.6. The number of allylic oxidation sites excluding steroid dienone is 2. The number of aliphatic hydroxyl groups is 1. The molecule has 0 aromatic heterocycles. The van der Waals surface area contributed by atoms with Crippen molar-refractivity contribution in [3.8, 4) is 0 Å². The van der Waals surface area contributed by atoms with E-state index in [2.05, 4.69) is 31.0 Å². The molecule has 1 rings (SSSR count). The maximum Gasteiger partial charge on any atom is 0.189 e. The number of nitrogens with zero attached hydrogens (tertiary/aromatic N) is 2. The van der Waals surface area contributed by atoms with E-state index in [-0.39, 0.29) is 12.4 Å². The molecule has 3 nitrogen and oxygen atoms in total. The number of hydrogen-bond acceptors (Lipinski definition) is 2. The lowest BCUT2D eigenvalue weighted by atomic mass is 10.0. The van der Waals surface area contributed by atoms with Crippen LogP contribution in [0.3, 0.4) is 0 Å². The molecule has 0 aromatic rings. The third-order valence-corrected chi connectivity index (χ3v) is 7.35. The van der Waals surface area contributed by atoms with E-state index in [4.69, 9.17) is 0 Å². The summed E-state index contributed by atoms with van der Waals surface area (Å²) in [5.74, 6) is 0. The summed E-state index contributed by atoms with van der Waals surface area (Å²) < 4.78 is 0.745. The number of hydrogen-bond donors (Lipinski definition) is 1. The topological polar surface area (TPSA) is 32.6 Å². The molecule has 0 aromatic carbocycles. The third-order valence-electron chi connectivity index (χ3n) is 7.35. The Morgan fingerprint density at radius 1 is 0.806 bits per heavy atom. The summed E-state index contributed by atoms with van der Waals surface area (Å²) in [6, 6.07) is 0. The Morgan fingerprint density at radius 3 is 1.77 bits per heavy atom. The van der Waals surface area contributed by atoms with Crippen molar-refractivity contribution in [1.29, 1.82) is 0 Å². The van der Waals surface area contributed by atoms with Crippen LogP contribution in [0.2, 0.25) is 0 Å². The minimum absolute atomic E-state index is 0.284. The first-order valence-corrected chi connectivity index (χ1v) is 13.9. The van der Waals surface area contributed by atoms with Gasteiger partial charge in [0.25, 0.3) is 0 Å². The molecule has 0 aliphatic carbocycles. The molecule has 3 atom stereocenters. The molecule has 0 bridgehead atoms. The highest BCUT2D eigenvalue weighted by Gasteiger charge is 2.41. The van der Waals surface area contributed by atoms with E-state index >= 15 is 0 Å². The van der Waals surface area contributed by atoms with Crippen molar-refractivity contribution in [1.82, 2.24) is 0 Å². The second-order valence-electron chi connectivity index (χ2n) is 9.83. The molecule has 1 aliphatic heterocycles. The van der Waals surface area contributed by atoms with Gasteiger partial charge < -0.3 is 5.11 Å².